The molecule has 4 aromatic rings. The summed E-state index contributed by atoms with van der Waals surface area (Å²) in [5, 5.41) is 12.7. The summed E-state index contributed by atoms with van der Waals surface area (Å²) >= 11 is 3.30. The van der Waals surface area contributed by atoms with Gasteiger partial charge in [-0.2, -0.15) is 0 Å². The summed E-state index contributed by atoms with van der Waals surface area (Å²) in [5.74, 6) is 2.28. The van der Waals surface area contributed by atoms with Crippen LogP contribution in [0.15, 0.2) is 71.1 Å². The molecule has 3 heterocycles. The molecule has 7 heteroatoms. The lowest BCUT2D eigenvalue weighted by molar-refractivity contribution is 0.174. The maximum atomic E-state index is 5.43. The Balaban J connectivity index is 1.25. The lowest BCUT2D eigenvalue weighted by Crippen LogP contribution is -1.93. The van der Waals surface area contributed by atoms with Crippen LogP contribution in [0.1, 0.15) is 5.69 Å². The molecule has 2 aromatic heterocycles. The molecule has 0 amide bonds. The summed E-state index contributed by atoms with van der Waals surface area (Å²) < 4.78 is 10.8. The molecule has 2 aromatic carbocycles. The second-order valence-corrected chi connectivity index (χ2v) is 7.98. The number of nitrogens with zero attached hydrogens (tertiary/aromatic N) is 3. The van der Waals surface area contributed by atoms with Gasteiger partial charge in [0.15, 0.2) is 11.5 Å². The summed E-state index contributed by atoms with van der Waals surface area (Å²) in [6.45, 7) is 0.267. The number of aromatic nitrogens is 3. The Hall–Kier alpha value is -2.90. The molecule has 5 nitrogen and oxygen atoms in total. The van der Waals surface area contributed by atoms with Gasteiger partial charge in [-0.3, -0.25) is 0 Å². The minimum atomic E-state index is 0.267. The molecule has 0 fully saturated rings. The zero-order valence-corrected chi connectivity index (χ0v) is 16.4. The molecule has 0 N–H and O–H groups in total. The Morgan fingerprint density at radius 2 is 1.79 bits per heavy atom. The van der Waals surface area contributed by atoms with E-state index in [0.717, 1.165) is 49.8 Å². The fraction of sp³-hybridized carbons (Fsp3) is 0.0952. The fourth-order valence-corrected chi connectivity index (χ4v) is 4.48. The zero-order chi connectivity index (χ0) is 18.8. The number of thiazole rings is 1. The monoisotopic (exact) mass is 405 g/mol. The smallest absolute Gasteiger partial charge is 0.231 e. The maximum Gasteiger partial charge on any atom is 0.231 e. The molecule has 0 saturated carbocycles. The van der Waals surface area contributed by atoms with Crippen LogP contribution in [0.25, 0.3) is 21.8 Å². The second-order valence-electron chi connectivity index (χ2n) is 6.12. The van der Waals surface area contributed by atoms with E-state index in [9.17, 15) is 0 Å². The molecular weight excluding hydrogens is 390 g/mol. The largest absolute Gasteiger partial charge is 0.454 e. The van der Waals surface area contributed by atoms with E-state index in [1.807, 2.05) is 48.5 Å². The first-order valence-electron chi connectivity index (χ1n) is 8.71. The van der Waals surface area contributed by atoms with Gasteiger partial charge in [0.25, 0.3) is 0 Å². The molecule has 1 aliphatic heterocycles. The summed E-state index contributed by atoms with van der Waals surface area (Å²) in [6.07, 6.45) is 0. The number of benzene rings is 2. The average Bonchev–Trinajstić information content (AvgIpc) is 3.42. The predicted molar refractivity (Wildman–Crippen MR) is 111 cm³/mol. The van der Waals surface area contributed by atoms with Crippen LogP contribution < -0.4 is 9.47 Å². The highest BCUT2D eigenvalue weighted by atomic mass is 32.2. The van der Waals surface area contributed by atoms with Crippen molar-refractivity contribution < 1.29 is 9.47 Å². The van der Waals surface area contributed by atoms with Gasteiger partial charge in [-0.05, 0) is 30.3 Å². The summed E-state index contributed by atoms with van der Waals surface area (Å²) in [5.41, 5.74) is 3.97. The first-order chi connectivity index (χ1) is 13.8. The van der Waals surface area contributed by atoms with Crippen molar-refractivity contribution in [3.8, 4) is 33.3 Å². The number of rotatable bonds is 5. The van der Waals surface area contributed by atoms with E-state index in [2.05, 4.69) is 27.7 Å². The van der Waals surface area contributed by atoms with Crippen LogP contribution in [-0.2, 0) is 5.75 Å². The van der Waals surface area contributed by atoms with Crippen LogP contribution in [0, 0.1) is 0 Å². The average molecular weight is 406 g/mol. The highest BCUT2D eigenvalue weighted by Gasteiger charge is 2.14. The van der Waals surface area contributed by atoms with E-state index in [-0.39, 0.29) is 6.79 Å². The van der Waals surface area contributed by atoms with Crippen molar-refractivity contribution in [2.24, 2.45) is 0 Å². The molecule has 0 spiro atoms. The van der Waals surface area contributed by atoms with E-state index < -0.39 is 0 Å². The van der Waals surface area contributed by atoms with Crippen LogP contribution in [0.3, 0.4) is 0 Å². The Kier molecular flexibility index (Phi) is 4.68. The molecular formula is C21H15N3O2S2. The van der Waals surface area contributed by atoms with Crippen LogP contribution >= 0.6 is 23.1 Å². The van der Waals surface area contributed by atoms with Crippen LogP contribution in [0.4, 0.5) is 0 Å². The predicted octanol–water partition coefficient (Wildman–Crippen LogP) is 5.29. The number of ether oxygens (including phenoxy) is 2. The maximum absolute atomic E-state index is 5.43. The van der Waals surface area contributed by atoms with Gasteiger partial charge in [-0.15, -0.1) is 21.5 Å². The Morgan fingerprint density at radius 3 is 2.64 bits per heavy atom. The fourth-order valence-electron chi connectivity index (χ4n) is 2.84. The third-order valence-electron chi connectivity index (χ3n) is 4.25. The van der Waals surface area contributed by atoms with E-state index in [1.54, 1.807) is 23.1 Å². The van der Waals surface area contributed by atoms with Crippen molar-refractivity contribution in [1.82, 2.24) is 15.2 Å². The van der Waals surface area contributed by atoms with Crippen molar-refractivity contribution in [1.29, 1.82) is 0 Å². The first kappa shape index (κ1) is 17.2. The number of hydrogen-bond donors (Lipinski definition) is 0. The van der Waals surface area contributed by atoms with Crippen LogP contribution in [0.5, 0.6) is 11.5 Å². The van der Waals surface area contributed by atoms with Gasteiger partial charge in [-0.1, -0.05) is 42.1 Å². The molecule has 5 rings (SSSR count). The number of hydrogen-bond acceptors (Lipinski definition) is 7. The van der Waals surface area contributed by atoms with Gasteiger partial charge >= 0.3 is 0 Å². The van der Waals surface area contributed by atoms with Gasteiger partial charge in [0.1, 0.15) is 10.0 Å². The molecule has 0 aliphatic carbocycles. The zero-order valence-electron chi connectivity index (χ0n) is 14.7. The lowest BCUT2D eigenvalue weighted by Gasteiger charge is -2.03. The minimum Gasteiger partial charge on any atom is -0.454 e. The molecule has 0 unspecified atom stereocenters. The lowest BCUT2D eigenvalue weighted by atomic mass is 10.1. The molecule has 0 atom stereocenters. The van der Waals surface area contributed by atoms with Crippen LogP contribution in [-0.4, -0.2) is 22.0 Å². The standard InChI is InChI=1S/C21H15N3O2S2/c1-2-4-14(5-3-1)21-22-16(12-28-21)11-27-20-9-7-17(23-24-20)15-6-8-18-19(10-15)26-13-25-18/h1-10,12H,11,13H2. The molecule has 28 heavy (non-hydrogen) atoms. The first-order valence-corrected chi connectivity index (χ1v) is 10.6. The van der Waals surface area contributed by atoms with Gasteiger partial charge in [0.2, 0.25) is 6.79 Å². The van der Waals surface area contributed by atoms with Crippen molar-refractivity contribution >= 4 is 23.1 Å². The van der Waals surface area contributed by atoms with E-state index in [0.29, 0.717) is 0 Å². The summed E-state index contributed by atoms with van der Waals surface area (Å²) in [4.78, 5) is 4.72. The molecule has 0 bridgehead atoms. The SMILES string of the molecule is c1ccc(-c2nc(CSc3ccc(-c4ccc5c(c4)OCO5)nn3)cs2)cc1. The van der Waals surface area contributed by atoms with Crippen molar-refractivity contribution in [2.45, 2.75) is 10.8 Å². The van der Waals surface area contributed by atoms with Gasteiger partial charge in [0.05, 0.1) is 11.4 Å². The summed E-state index contributed by atoms with van der Waals surface area (Å²) in [7, 11) is 0. The third-order valence-corrected chi connectivity index (χ3v) is 6.14. The van der Waals surface area contributed by atoms with Crippen molar-refractivity contribution in [3.05, 3.63) is 71.7 Å². The quantitative estimate of drug-likeness (QED) is 0.421. The normalized spacial score (nSPS) is 12.3. The van der Waals surface area contributed by atoms with Crippen molar-refractivity contribution in [3.63, 3.8) is 0 Å². The number of thioether (sulfide) groups is 1. The Bertz CT molecular complexity index is 1100. The molecule has 138 valence electrons. The Morgan fingerprint density at radius 1 is 0.893 bits per heavy atom. The number of fused-ring (bicyclic) bond motifs is 1. The highest BCUT2D eigenvalue weighted by molar-refractivity contribution is 7.98. The second kappa shape index (κ2) is 7.61. The van der Waals surface area contributed by atoms with Gasteiger partial charge in [-0.25, -0.2) is 4.98 Å². The Labute approximate surface area is 170 Å². The van der Waals surface area contributed by atoms with Gasteiger partial charge < -0.3 is 9.47 Å². The van der Waals surface area contributed by atoms with Crippen LogP contribution in [0.2, 0.25) is 0 Å². The van der Waals surface area contributed by atoms with Crippen molar-refractivity contribution in [2.75, 3.05) is 6.79 Å². The topological polar surface area (TPSA) is 57.1 Å². The summed E-state index contributed by atoms with van der Waals surface area (Å²) in [6, 6.07) is 20.0. The molecule has 0 saturated heterocycles. The minimum absolute atomic E-state index is 0.267. The molecule has 1 aliphatic rings. The third kappa shape index (κ3) is 3.58. The molecule has 0 radical (unpaired) electrons. The van der Waals surface area contributed by atoms with E-state index in [1.165, 1.54) is 0 Å². The van der Waals surface area contributed by atoms with E-state index >= 15 is 0 Å². The van der Waals surface area contributed by atoms with Gasteiger partial charge in [0, 0.05) is 22.3 Å². The highest BCUT2D eigenvalue weighted by Crippen LogP contribution is 2.35. The van der Waals surface area contributed by atoms with E-state index in [4.69, 9.17) is 14.5 Å².